The Bertz CT molecular complexity index is 553. The molecule has 6 nitrogen and oxygen atoms in total. The molecule has 19 heavy (non-hydrogen) atoms. The van der Waals surface area contributed by atoms with Gasteiger partial charge in [0.1, 0.15) is 5.82 Å². The highest BCUT2D eigenvalue weighted by Crippen LogP contribution is 2.15. The highest BCUT2D eigenvalue weighted by atomic mass is 32.1. The van der Waals surface area contributed by atoms with Gasteiger partial charge < -0.3 is 5.32 Å². The number of aromatic nitrogens is 2. The second kappa shape index (κ2) is 6.24. The molecular formula is C12H14N4O2S. The molecule has 0 spiro atoms. The number of nitro groups is 1. The molecule has 100 valence electrons. The lowest BCUT2D eigenvalue weighted by atomic mass is 10.2. The average Bonchev–Trinajstić information content (AvgIpc) is 2.85. The second-order valence-electron chi connectivity index (χ2n) is 4.04. The predicted molar refractivity (Wildman–Crippen MR) is 74.3 cm³/mol. The molecule has 0 saturated heterocycles. The van der Waals surface area contributed by atoms with E-state index in [2.05, 4.69) is 21.6 Å². The maximum absolute atomic E-state index is 10.5. The smallest absolute Gasteiger partial charge is 0.269 e. The monoisotopic (exact) mass is 278 g/mol. The lowest BCUT2D eigenvalue weighted by molar-refractivity contribution is -0.384. The second-order valence-corrected chi connectivity index (χ2v) is 4.79. The summed E-state index contributed by atoms with van der Waals surface area (Å²) in [6.07, 6.45) is 1.91. The fraction of sp³-hybridized carbons (Fsp3) is 0.333. The van der Waals surface area contributed by atoms with Crippen LogP contribution in [-0.4, -0.2) is 14.3 Å². The maximum Gasteiger partial charge on any atom is 0.269 e. The Labute approximate surface area is 114 Å². The SMILES string of the molecule is CCCc1nsc(NCc2ccc([N+](=O)[O-])cc2)n1. The highest BCUT2D eigenvalue weighted by Gasteiger charge is 2.05. The standard InChI is InChI=1S/C12H14N4O2S/c1-2-3-11-14-12(19-15-11)13-8-9-4-6-10(7-5-9)16(17)18/h4-7H,2-3,8H2,1H3,(H,13,14,15). The van der Waals surface area contributed by atoms with E-state index >= 15 is 0 Å². The van der Waals surface area contributed by atoms with E-state index in [1.54, 1.807) is 12.1 Å². The summed E-state index contributed by atoms with van der Waals surface area (Å²) in [7, 11) is 0. The number of aryl methyl sites for hydroxylation is 1. The highest BCUT2D eigenvalue weighted by molar-refractivity contribution is 7.09. The van der Waals surface area contributed by atoms with E-state index < -0.39 is 4.92 Å². The largest absolute Gasteiger partial charge is 0.356 e. The van der Waals surface area contributed by atoms with E-state index in [4.69, 9.17) is 0 Å². The van der Waals surface area contributed by atoms with Crippen molar-refractivity contribution in [1.82, 2.24) is 9.36 Å². The number of anilines is 1. The minimum Gasteiger partial charge on any atom is -0.356 e. The number of nitrogens with zero attached hydrogens (tertiary/aromatic N) is 3. The quantitative estimate of drug-likeness (QED) is 0.649. The Morgan fingerprint density at radius 1 is 1.37 bits per heavy atom. The van der Waals surface area contributed by atoms with Crippen LogP contribution in [0.5, 0.6) is 0 Å². The van der Waals surface area contributed by atoms with Gasteiger partial charge in [0.05, 0.1) is 4.92 Å². The molecule has 0 aliphatic carbocycles. The molecule has 1 aromatic carbocycles. The van der Waals surface area contributed by atoms with Crippen LogP contribution in [0.1, 0.15) is 24.7 Å². The summed E-state index contributed by atoms with van der Waals surface area (Å²) in [5.41, 5.74) is 1.07. The molecule has 0 unspecified atom stereocenters. The van der Waals surface area contributed by atoms with Gasteiger partial charge in [-0.1, -0.05) is 19.1 Å². The Hall–Kier alpha value is -2.02. The van der Waals surface area contributed by atoms with Gasteiger partial charge in [-0.05, 0) is 12.0 Å². The van der Waals surface area contributed by atoms with Gasteiger partial charge in [0.25, 0.3) is 5.69 Å². The third kappa shape index (κ3) is 3.72. The Kier molecular flexibility index (Phi) is 4.40. The summed E-state index contributed by atoms with van der Waals surface area (Å²) in [5.74, 6) is 0.860. The van der Waals surface area contributed by atoms with Crippen LogP contribution in [0.2, 0.25) is 0 Å². The van der Waals surface area contributed by atoms with E-state index in [-0.39, 0.29) is 5.69 Å². The first kappa shape index (κ1) is 13.4. The fourth-order valence-corrected chi connectivity index (χ4v) is 2.17. The predicted octanol–water partition coefficient (Wildman–Crippen LogP) is 3.01. The zero-order valence-electron chi connectivity index (χ0n) is 10.5. The van der Waals surface area contributed by atoms with Gasteiger partial charge in [0.2, 0.25) is 5.13 Å². The van der Waals surface area contributed by atoms with E-state index in [0.717, 1.165) is 29.4 Å². The van der Waals surface area contributed by atoms with Gasteiger partial charge in [-0.2, -0.15) is 4.37 Å². The number of non-ortho nitro benzene ring substituents is 1. The van der Waals surface area contributed by atoms with Crippen LogP contribution in [0.15, 0.2) is 24.3 Å². The molecule has 0 aliphatic rings. The van der Waals surface area contributed by atoms with Gasteiger partial charge in [0.15, 0.2) is 0 Å². The molecule has 0 amide bonds. The summed E-state index contributed by atoms with van der Waals surface area (Å²) in [5, 5.41) is 14.5. The maximum atomic E-state index is 10.5. The Morgan fingerprint density at radius 2 is 2.11 bits per heavy atom. The van der Waals surface area contributed by atoms with Gasteiger partial charge in [-0.25, -0.2) is 4.98 Å². The number of rotatable bonds is 6. The van der Waals surface area contributed by atoms with Crippen molar-refractivity contribution in [1.29, 1.82) is 0 Å². The third-order valence-corrected chi connectivity index (χ3v) is 3.24. The molecule has 1 heterocycles. The molecule has 2 aromatic rings. The van der Waals surface area contributed by atoms with Crippen molar-refractivity contribution in [3.05, 3.63) is 45.8 Å². The van der Waals surface area contributed by atoms with Gasteiger partial charge >= 0.3 is 0 Å². The van der Waals surface area contributed by atoms with Crippen molar-refractivity contribution in [2.24, 2.45) is 0 Å². The molecule has 0 aliphatic heterocycles. The Balaban J connectivity index is 1.92. The number of nitro benzene ring substituents is 1. The van der Waals surface area contributed by atoms with Crippen LogP contribution >= 0.6 is 11.5 Å². The molecule has 1 N–H and O–H groups in total. The molecule has 0 atom stereocenters. The molecule has 0 radical (unpaired) electrons. The van der Waals surface area contributed by atoms with Crippen molar-refractivity contribution in [3.8, 4) is 0 Å². The first-order valence-electron chi connectivity index (χ1n) is 5.99. The van der Waals surface area contributed by atoms with Crippen LogP contribution in [0.25, 0.3) is 0 Å². The normalized spacial score (nSPS) is 10.4. The van der Waals surface area contributed by atoms with E-state index in [9.17, 15) is 10.1 Å². The van der Waals surface area contributed by atoms with Crippen LogP contribution < -0.4 is 5.32 Å². The topological polar surface area (TPSA) is 81.0 Å². The molecule has 2 rings (SSSR count). The van der Waals surface area contributed by atoms with Crippen molar-refractivity contribution in [2.75, 3.05) is 5.32 Å². The summed E-state index contributed by atoms with van der Waals surface area (Å²) in [6, 6.07) is 6.47. The summed E-state index contributed by atoms with van der Waals surface area (Å²) < 4.78 is 4.23. The zero-order valence-corrected chi connectivity index (χ0v) is 11.3. The number of benzene rings is 1. The van der Waals surface area contributed by atoms with Crippen LogP contribution in [0, 0.1) is 10.1 Å². The van der Waals surface area contributed by atoms with Gasteiger partial charge in [-0.15, -0.1) is 0 Å². The fourth-order valence-electron chi connectivity index (χ4n) is 1.56. The summed E-state index contributed by atoms with van der Waals surface area (Å²) in [4.78, 5) is 14.5. The molecule has 1 aromatic heterocycles. The molecule has 0 fully saturated rings. The van der Waals surface area contributed by atoms with Crippen LogP contribution in [0.3, 0.4) is 0 Å². The van der Waals surface area contributed by atoms with Crippen molar-refractivity contribution >= 4 is 22.4 Å². The van der Waals surface area contributed by atoms with E-state index in [0.29, 0.717) is 6.54 Å². The number of nitrogens with one attached hydrogen (secondary N) is 1. The first-order valence-corrected chi connectivity index (χ1v) is 6.76. The third-order valence-electron chi connectivity index (χ3n) is 2.53. The molecule has 0 bridgehead atoms. The van der Waals surface area contributed by atoms with Crippen LogP contribution in [0.4, 0.5) is 10.8 Å². The van der Waals surface area contributed by atoms with Gasteiger partial charge in [0, 0.05) is 36.6 Å². The number of hydrogen-bond acceptors (Lipinski definition) is 6. The summed E-state index contributed by atoms with van der Waals surface area (Å²) >= 11 is 1.34. The lowest BCUT2D eigenvalue weighted by Crippen LogP contribution is -1.99. The van der Waals surface area contributed by atoms with Crippen molar-refractivity contribution in [3.63, 3.8) is 0 Å². The van der Waals surface area contributed by atoms with Crippen molar-refractivity contribution < 1.29 is 4.92 Å². The molecular weight excluding hydrogens is 264 g/mol. The van der Waals surface area contributed by atoms with E-state index in [1.165, 1.54) is 23.7 Å². The average molecular weight is 278 g/mol. The molecule has 7 heteroatoms. The minimum absolute atomic E-state index is 0.102. The van der Waals surface area contributed by atoms with Crippen molar-refractivity contribution in [2.45, 2.75) is 26.3 Å². The number of hydrogen-bond donors (Lipinski definition) is 1. The Morgan fingerprint density at radius 3 is 2.74 bits per heavy atom. The summed E-state index contributed by atoms with van der Waals surface area (Å²) in [6.45, 7) is 2.67. The lowest BCUT2D eigenvalue weighted by Gasteiger charge is -2.01. The molecule has 0 saturated carbocycles. The van der Waals surface area contributed by atoms with Crippen LogP contribution in [-0.2, 0) is 13.0 Å². The zero-order chi connectivity index (χ0) is 13.7. The van der Waals surface area contributed by atoms with Gasteiger partial charge in [-0.3, -0.25) is 10.1 Å². The minimum atomic E-state index is -0.404. The first-order chi connectivity index (χ1) is 9.19. The van der Waals surface area contributed by atoms with E-state index in [1.807, 2.05) is 0 Å².